The number of fused-ring (bicyclic) bond motifs is 6. The number of anilines is 6. The van der Waals surface area contributed by atoms with Crippen LogP contribution in [0.4, 0.5) is 34.1 Å². The van der Waals surface area contributed by atoms with Gasteiger partial charge < -0.3 is 9.80 Å². The fourth-order valence-electron chi connectivity index (χ4n) is 12.9. The summed E-state index contributed by atoms with van der Waals surface area (Å²) in [6.45, 7) is 33.9. The van der Waals surface area contributed by atoms with Crippen molar-refractivity contribution in [3.63, 3.8) is 0 Å². The molecule has 0 saturated heterocycles. The predicted molar refractivity (Wildman–Crippen MR) is 298 cm³/mol. The van der Waals surface area contributed by atoms with Gasteiger partial charge in [-0.2, -0.15) is 0 Å². The molecule has 0 amide bonds. The standard InChI is InChI=1S/C66H73BN2/c1-42-35-58-60-59(36-42)69(55-29-25-45(61(2,3)4)37-48(55)43-21-17-15-18-22-43)56-30-26-46(66(13,14)44-23-19-16-20-24-44)38-53(56)67(60)54-40-51-52(65(11,12)34-33-64(51,9)10)41-57(54)68(58)47-27-28-49-50(39-47)63(7,8)32-31-62(49,5)6/h15-30,35-41H,31-34H2,1-14H3. The van der Waals surface area contributed by atoms with E-state index in [9.17, 15) is 0 Å². The minimum absolute atomic E-state index is 0.00721. The molecule has 7 aromatic carbocycles. The van der Waals surface area contributed by atoms with Crippen LogP contribution in [0, 0.1) is 6.92 Å². The van der Waals surface area contributed by atoms with Crippen LogP contribution >= 0.6 is 0 Å². The molecule has 2 aliphatic carbocycles. The fraction of sp³-hybridized carbons (Fsp3) is 0.364. The molecule has 0 bridgehead atoms. The molecule has 3 heteroatoms. The monoisotopic (exact) mass is 905 g/mol. The summed E-state index contributed by atoms with van der Waals surface area (Å²) in [5.74, 6) is 0. The first-order chi connectivity index (χ1) is 32.5. The van der Waals surface area contributed by atoms with E-state index in [-0.39, 0.29) is 39.2 Å². The molecular formula is C66H73BN2. The summed E-state index contributed by atoms with van der Waals surface area (Å²) in [4.78, 5) is 5.36. The molecule has 0 saturated carbocycles. The molecule has 0 N–H and O–H groups in total. The van der Waals surface area contributed by atoms with Crippen LogP contribution in [0.1, 0.15) is 160 Å². The minimum atomic E-state index is -0.226. The van der Waals surface area contributed by atoms with Crippen LogP contribution in [0.2, 0.25) is 0 Å². The SMILES string of the molecule is Cc1cc2c3c(c1)N(c1ccc(C(C)(C)C)cc1-c1ccccc1)c1ccc(C(C)(C)c4ccccc4)cc1B3c1cc3c(cc1N2c1ccc2c(c1)C(C)(C)CCC2(C)C)C(C)(C)CCC3(C)C. The highest BCUT2D eigenvalue weighted by atomic mass is 15.2. The van der Waals surface area contributed by atoms with Gasteiger partial charge in [-0.15, -0.1) is 0 Å². The molecule has 7 aromatic rings. The summed E-state index contributed by atoms with van der Waals surface area (Å²) >= 11 is 0. The van der Waals surface area contributed by atoms with Crippen LogP contribution in [0.3, 0.4) is 0 Å². The molecule has 0 fully saturated rings. The zero-order chi connectivity index (χ0) is 48.8. The molecule has 0 aromatic heterocycles. The van der Waals surface area contributed by atoms with Gasteiger partial charge in [-0.1, -0.05) is 181 Å². The lowest BCUT2D eigenvalue weighted by molar-refractivity contribution is 0.332. The lowest BCUT2D eigenvalue weighted by Crippen LogP contribution is -2.62. The molecule has 0 radical (unpaired) electrons. The van der Waals surface area contributed by atoms with Gasteiger partial charge in [0.1, 0.15) is 0 Å². The van der Waals surface area contributed by atoms with Crippen molar-refractivity contribution < 1.29 is 0 Å². The molecule has 4 aliphatic rings. The van der Waals surface area contributed by atoms with Gasteiger partial charge in [0, 0.05) is 39.4 Å². The van der Waals surface area contributed by atoms with Crippen LogP contribution in [0.5, 0.6) is 0 Å². The van der Waals surface area contributed by atoms with E-state index in [0.717, 1.165) is 0 Å². The van der Waals surface area contributed by atoms with Gasteiger partial charge in [0.25, 0.3) is 6.71 Å². The smallest absolute Gasteiger partial charge is 0.252 e. The molecule has 0 spiro atoms. The number of benzene rings is 7. The summed E-state index contributed by atoms with van der Waals surface area (Å²) in [7, 11) is 0. The Balaban J connectivity index is 1.27. The molecule has 0 unspecified atom stereocenters. The first-order valence-electron chi connectivity index (χ1n) is 26.0. The normalized spacial score (nSPS) is 18.1. The number of hydrogen-bond donors (Lipinski definition) is 0. The summed E-state index contributed by atoms with van der Waals surface area (Å²) < 4.78 is 0. The van der Waals surface area contributed by atoms with Crippen molar-refractivity contribution in [2.24, 2.45) is 0 Å². The van der Waals surface area contributed by atoms with E-state index in [2.05, 4.69) is 246 Å². The van der Waals surface area contributed by atoms with Gasteiger partial charge in [-0.3, -0.25) is 0 Å². The quantitative estimate of drug-likeness (QED) is 0.159. The van der Waals surface area contributed by atoms with Crippen molar-refractivity contribution in [2.75, 3.05) is 9.80 Å². The van der Waals surface area contributed by atoms with E-state index >= 15 is 0 Å². The van der Waals surface area contributed by atoms with Crippen molar-refractivity contribution in [2.45, 2.75) is 155 Å². The zero-order valence-electron chi connectivity index (χ0n) is 44.1. The summed E-state index contributed by atoms with van der Waals surface area (Å²) in [6, 6.07) is 54.9. The average Bonchev–Trinajstić information content (AvgIpc) is 3.31. The Morgan fingerprint density at radius 1 is 0.420 bits per heavy atom. The van der Waals surface area contributed by atoms with Crippen molar-refractivity contribution >= 4 is 57.2 Å². The fourth-order valence-corrected chi connectivity index (χ4v) is 12.9. The second-order valence-electron chi connectivity index (χ2n) is 25.7. The van der Waals surface area contributed by atoms with Crippen LogP contribution in [-0.2, 0) is 32.5 Å². The Morgan fingerprint density at radius 2 is 0.942 bits per heavy atom. The second kappa shape index (κ2) is 15.4. The van der Waals surface area contributed by atoms with Crippen LogP contribution in [0.15, 0.2) is 140 Å². The third-order valence-corrected chi connectivity index (χ3v) is 17.7. The van der Waals surface area contributed by atoms with Crippen LogP contribution in [0.25, 0.3) is 11.1 Å². The molecule has 2 aliphatic heterocycles. The first kappa shape index (κ1) is 45.6. The molecule has 2 heterocycles. The van der Waals surface area contributed by atoms with E-state index in [1.807, 2.05) is 0 Å². The Labute approximate surface area is 415 Å². The molecule has 69 heavy (non-hydrogen) atoms. The largest absolute Gasteiger partial charge is 0.311 e. The maximum absolute atomic E-state index is 2.70. The van der Waals surface area contributed by atoms with E-state index in [0.29, 0.717) is 0 Å². The molecule has 350 valence electrons. The van der Waals surface area contributed by atoms with Crippen molar-refractivity contribution in [1.29, 1.82) is 0 Å². The van der Waals surface area contributed by atoms with E-state index in [1.165, 1.54) is 132 Å². The lowest BCUT2D eigenvalue weighted by Gasteiger charge is -2.48. The third kappa shape index (κ3) is 7.18. The number of rotatable bonds is 5. The van der Waals surface area contributed by atoms with Gasteiger partial charge in [0.05, 0.1) is 5.69 Å². The summed E-state index contributed by atoms with van der Waals surface area (Å²) in [5, 5.41) is 0. The highest BCUT2D eigenvalue weighted by molar-refractivity contribution is 7.00. The number of aryl methyl sites for hydroxylation is 1. The highest BCUT2D eigenvalue weighted by Crippen LogP contribution is 2.53. The van der Waals surface area contributed by atoms with Crippen LogP contribution in [-0.4, -0.2) is 6.71 Å². The maximum Gasteiger partial charge on any atom is 0.252 e. The number of hydrogen-bond acceptors (Lipinski definition) is 2. The Morgan fingerprint density at radius 3 is 1.57 bits per heavy atom. The van der Waals surface area contributed by atoms with Gasteiger partial charge in [-0.25, -0.2) is 0 Å². The predicted octanol–water partition coefficient (Wildman–Crippen LogP) is 16.1. The molecular weight excluding hydrogens is 832 g/mol. The van der Waals surface area contributed by atoms with Crippen molar-refractivity contribution in [3.8, 4) is 11.1 Å². The first-order valence-corrected chi connectivity index (χ1v) is 26.0. The summed E-state index contributed by atoms with van der Waals surface area (Å²) in [6.07, 6.45) is 4.72. The lowest BCUT2D eigenvalue weighted by atomic mass is 9.33. The Bertz CT molecular complexity index is 3200. The maximum atomic E-state index is 2.70. The number of nitrogens with zero attached hydrogens (tertiary/aromatic N) is 2. The molecule has 2 nitrogen and oxygen atoms in total. The highest BCUT2D eigenvalue weighted by Gasteiger charge is 2.48. The van der Waals surface area contributed by atoms with Crippen LogP contribution < -0.4 is 26.2 Å². The Hall–Kier alpha value is -5.80. The van der Waals surface area contributed by atoms with Gasteiger partial charge in [0.2, 0.25) is 0 Å². The van der Waals surface area contributed by atoms with Gasteiger partial charge in [0.15, 0.2) is 0 Å². The van der Waals surface area contributed by atoms with E-state index in [4.69, 9.17) is 0 Å². The van der Waals surface area contributed by atoms with Gasteiger partial charge in [-0.05, 0) is 175 Å². The third-order valence-electron chi connectivity index (χ3n) is 17.7. The second-order valence-corrected chi connectivity index (χ2v) is 25.7. The minimum Gasteiger partial charge on any atom is -0.311 e. The zero-order valence-corrected chi connectivity index (χ0v) is 44.1. The van der Waals surface area contributed by atoms with E-state index in [1.54, 1.807) is 0 Å². The van der Waals surface area contributed by atoms with Crippen molar-refractivity contribution in [3.05, 3.63) is 184 Å². The van der Waals surface area contributed by atoms with Gasteiger partial charge >= 0.3 is 0 Å². The average molecular weight is 905 g/mol. The molecule has 0 atom stereocenters. The summed E-state index contributed by atoms with van der Waals surface area (Å²) in [5.41, 5.74) is 25.6. The van der Waals surface area contributed by atoms with Crippen molar-refractivity contribution in [1.82, 2.24) is 0 Å². The van der Waals surface area contributed by atoms with E-state index < -0.39 is 0 Å². The topological polar surface area (TPSA) is 6.48 Å². The Kier molecular flexibility index (Phi) is 10.2. The molecule has 11 rings (SSSR count).